The first kappa shape index (κ1) is 19.0. The number of aromatic hydroxyl groups is 1. The van der Waals surface area contributed by atoms with Crippen LogP contribution < -0.4 is 9.47 Å². The Morgan fingerprint density at radius 2 is 1.93 bits per heavy atom. The van der Waals surface area contributed by atoms with Crippen molar-refractivity contribution in [1.82, 2.24) is 10.1 Å². The van der Waals surface area contributed by atoms with Crippen LogP contribution in [0.2, 0.25) is 0 Å². The molecule has 3 rings (SSSR count). The van der Waals surface area contributed by atoms with E-state index in [0.29, 0.717) is 28.5 Å². The van der Waals surface area contributed by atoms with Gasteiger partial charge in [-0.3, -0.25) is 0 Å². The van der Waals surface area contributed by atoms with Gasteiger partial charge in [-0.15, -0.1) is 0 Å². The summed E-state index contributed by atoms with van der Waals surface area (Å²) < 4.78 is 20.5. The molecule has 0 saturated carbocycles. The molecular weight excluding hydrogens is 364 g/mol. The number of benzene rings is 2. The first-order chi connectivity index (χ1) is 13.6. The zero-order valence-corrected chi connectivity index (χ0v) is 15.3. The Morgan fingerprint density at radius 1 is 1.14 bits per heavy atom. The van der Waals surface area contributed by atoms with E-state index in [2.05, 4.69) is 10.1 Å². The number of carbonyl (C=O) groups excluding carboxylic acids is 1. The highest BCUT2D eigenvalue weighted by molar-refractivity contribution is 5.87. The molecule has 0 amide bonds. The zero-order chi connectivity index (χ0) is 19.9. The number of hydrogen-bond acceptors (Lipinski definition) is 8. The fraction of sp³-hybridized carbons (Fsp3) is 0.150. The number of nitrogens with zero attached hydrogens (tertiary/aromatic N) is 2. The summed E-state index contributed by atoms with van der Waals surface area (Å²) in [7, 11) is 3.00. The van der Waals surface area contributed by atoms with E-state index >= 15 is 0 Å². The summed E-state index contributed by atoms with van der Waals surface area (Å²) in [6.07, 6.45) is 2.79. The molecular formula is C20H18N2O6. The molecule has 0 saturated heterocycles. The van der Waals surface area contributed by atoms with Crippen molar-refractivity contribution in [3.8, 4) is 28.6 Å². The maximum absolute atomic E-state index is 11.9. The number of para-hydroxylation sites is 1. The SMILES string of the molecule is COc1cc(/C=C/C(=O)OCc2nc(-c3ccccc3OC)no2)ccc1O. The second-order valence-corrected chi connectivity index (χ2v) is 5.58. The van der Waals surface area contributed by atoms with Crippen LogP contribution in [0.25, 0.3) is 17.5 Å². The number of aromatic nitrogens is 2. The Labute approximate surface area is 161 Å². The molecule has 0 fully saturated rings. The van der Waals surface area contributed by atoms with E-state index in [1.54, 1.807) is 37.5 Å². The topological polar surface area (TPSA) is 104 Å². The van der Waals surface area contributed by atoms with Crippen molar-refractivity contribution in [2.45, 2.75) is 6.61 Å². The Hall–Kier alpha value is -3.81. The average Bonchev–Trinajstić information content (AvgIpc) is 3.20. The van der Waals surface area contributed by atoms with Crippen LogP contribution in [-0.2, 0) is 16.1 Å². The first-order valence-electron chi connectivity index (χ1n) is 8.28. The normalized spacial score (nSPS) is 10.8. The number of rotatable bonds is 7. The summed E-state index contributed by atoms with van der Waals surface area (Å²) in [4.78, 5) is 16.1. The van der Waals surface area contributed by atoms with Gasteiger partial charge in [-0.2, -0.15) is 4.98 Å². The van der Waals surface area contributed by atoms with Gasteiger partial charge < -0.3 is 23.8 Å². The molecule has 0 bridgehead atoms. The van der Waals surface area contributed by atoms with E-state index in [4.69, 9.17) is 18.7 Å². The first-order valence-corrected chi connectivity index (χ1v) is 8.28. The third kappa shape index (κ3) is 4.47. The molecule has 8 nitrogen and oxygen atoms in total. The molecule has 0 aliphatic carbocycles. The van der Waals surface area contributed by atoms with Crippen LogP contribution in [0.3, 0.4) is 0 Å². The predicted molar refractivity (Wildman–Crippen MR) is 99.8 cm³/mol. The maximum Gasteiger partial charge on any atom is 0.331 e. The van der Waals surface area contributed by atoms with Crippen LogP contribution in [0.4, 0.5) is 0 Å². The minimum absolute atomic E-state index is 0.0180. The van der Waals surface area contributed by atoms with Crippen LogP contribution in [-0.4, -0.2) is 35.4 Å². The monoisotopic (exact) mass is 382 g/mol. The summed E-state index contributed by atoms with van der Waals surface area (Å²) >= 11 is 0. The number of hydrogen-bond donors (Lipinski definition) is 1. The summed E-state index contributed by atoms with van der Waals surface area (Å²) in [5.74, 6) is 0.863. The Kier molecular flexibility index (Phi) is 5.91. The molecule has 28 heavy (non-hydrogen) atoms. The Bertz CT molecular complexity index is 996. The van der Waals surface area contributed by atoms with Gasteiger partial charge in [0, 0.05) is 6.08 Å². The Morgan fingerprint density at radius 3 is 2.71 bits per heavy atom. The lowest BCUT2D eigenvalue weighted by molar-refractivity contribution is -0.139. The standard InChI is InChI=1S/C20H18N2O6/c1-25-16-6-4-3-5-14(16)20-21-18(28-22-20)12-27-19(24)10-8-13-7-9-15(23)17(11-13)26-2/h3-11,23H,12H2,1-2H3/b10-8+. The van der Waals surface area contributed by atoms with Gasteiger partial charge in [0.2, 0.25) is 5.82 Å². The van der Waals surface area contributed by atoms with Gasteiger partial charge in [-0.25, -0.2) is 4.79 Å². The minimum atomic E-state index is -0.580. The second kappa shape index (κ2) is 8.72. The van der Waals surface area contributed by atoms with Crippen molar-refractivity contribution in [2.24, 2.45) is 0 Å². The van der Waals surface area contributed by atoms with Crippen molar-refractivity contribution in [1.29, 1.82) is 0 Å². The lowest BCUT2D eigenvalue weighted by Crippen LogP contribution is -2.01. The van der Waals surface area contributed by atoms with Crippen molar-refractivity contribution in [3.63, 3.8) is 0 Å². The molecule has 8 heteroatoms. The molecule has 0 aliphatic rings. The summed E-state index contributed by atoms with van der Waals surface area (Å²) in [5.41, 5.74) is 1.34. The van der Waals surface area contributed by atoms with Gasteiger partial charge >= 0.3 is 5.97 Å². The largest absolute Gasteiger partial charge is 0.504 e. The number of phenolic OH excluding ortho intramolecular Hbond substituents is 1. The van der Waals surface area contributed by atoms with Crippen LogP contribution in [0.1, 0.15) is 11.5 Å². The van der Waals surface area contributed by atoms with Gasteiger partial charge in [-0.1, -0.05) is 23.4 Å². The number of carbonyl (C=O) groups is 1. The zero-order valence-electron chi connectivity index (χ0n) is 15.3. The van der Waals surface area contributed by atoms with Crippen molar-refractivity contribution < 1.29 is 28.6 Å². The molecule has 3 aromatic rings. The van der Waals surface area contributed by atoms with E-state index in [9.17, 15) is 9.90 Å². The highest BCUT2D eigenvalue weighted by Crippen LogP contribution is 2.28. The summed E-state index contributed by atoms with van der Waals surface area (Å²) in [6.45, 7) is -0.162. The molecule has 1 aromatic heterocycles. The van der Waals surface area contributed by atoms with Gasteiger partial charge in [-0.05, 0) is 35.9 Å². The number of methoxy groups -OCH3 is 2. The third-order valence-electron chi connectivity index (χ3n) is 3.77. The lowest BCUT2D eigenvalue weighted by atomic mass is 10.2. The average molecular weight is 382 g/mol. The number of ether oxygens (including phenoxy) is 3. The molecule has 2 aromatic carbocycles. The van der Waals surface area contributed by atoms with Crippen LogP contribution in [0.15, 0.2) is 53.1 Å². The molecule has 0 aliphatic heterocycles. The van der Waals surface area contributed by atoms with Crippen molar-refractivity contribution in [2.75, 3.05) is 14.2 Å². The van der Waals surface area contributed by atoms with Gasteiger partial charge in [0.15, 0.2) is 18.1 Å². The van der Waals surface area contributed by atoms with E-state index < -0.39 is 5.97 Å². The van der Waals surface area contributed by atoms with E-state index in [1.807, 2.05) is 12.1 Å². The van der Waals surface area contributed by atoms with Gasteiger partial charge in [0.1, 0.15) is 5.75 Å². The minimum Gasteiger partial charge on any atom is -0.504 e. The molecule has 144 valence electrons. The lowest BCUT2D eigenvalue weighted by Gasteiger charge is -2.03. The molecule has 0 spiro atoms. The quantitative estimate of drug-likeness (QED) is 0.491. The molecule has 1 heterocycles. The van der Waals surface area contributed by atoms with Gasteiger partial charge in [0.05, 0.1) is 19.8 Å². The van der Waals surface area contributed by atoms with Crippen LogP contribution in [0.5, 0.6) is 17.2 Å². The summed E-state index contributed by atoms with van der Waals surface area (Å²) in [5, 5.41) is 13.4. The highest BCUT2D eigenvalue weighted by Gasteiger charge is 2.13. The molecule has 0 atom stereocenters. The van der Waals surface area contributed by atoms with Gasteiger partial charge in [0.25, 0.3) is 5.89 Å². The van der Waals surface area contributed by atoms with E-state index in [-0.39, 0.29) is 18.2 Å². The smallest absolute Gasteiger partial charge is 0.331 e. The molecule has 0 radical (unpaired) electrons. The molecule has 0 unspecified atom stereocenters. The second-order valence-electron chi connectivity index (χ2n) is 5.58. The van der Waals surface area contributed by atoms with Crippen LogP contribution in [0, 0.1) is 0 Å². The fourth-order valence-corrected chi connectivity index (χ4v) is 2.40. The highest BCUT2D eigenvalue weighted by atomic mass is 16.6. The third-order valence-corrected chi connectivity index (χ3v) is 3.77. The number of esters is 1. The fourth-order valence-electron chi connectivity index (χ4n) is 2.40. The van der Waals surface area contributed by atoms with E-state index in [1.165, 1.54) is 19.3 Å². The maximum atomic E-state index is 11.9. The predicted octanol–water partition coefficient (Wildman–Crippen LogP) is 3.22. The Balaban J connectivity index is 1.60. The molecule has 1 N–H and O–H groups in total. The van der Waals surface area contributed by atoms with Crippen LogP contribution >= 0.6 is 0 Å². The summed E-state index contributed by atoms with van der Waals surface area (Å²) in [6, 6.07) is 12.0. The van der Waals surface area contributed by atoms with E-state index in [0.717, 1.165) is 0 Å². The number of phenols is 1. The van der Waals surface area contributed by atoms with Crippen molar-refractivity contribution in [3.05, 3.63) is 60.0 Å². The van der Waals surface area contributed by atoms with Crippen molar-refractivity contribution >= 4 is 12.0 Å².